The fourth-order valence-electron chi connectivity index (χ4n) is 1.30. The number of methoxy groups -OCH3 is 2. The summed E-state index contributed by atoms with van der Waals surface area (Å²) in [6, 6.07) is 5.64. The van der Waals surface area contributed by atoms with Crippen molar-refractivity contribution in [2.75, 3.05) is 14.2 Å². The van der Waals surface area contributed by atoms with Gasteiger partial charge in [-0.1, -0.05) is 0 Å². The molecule has 1 heterocycles. The molecule has 3 nitrogen and oxygen atoms in total. The zero-order valence-corrected chi connectivity index (χ0v) is 9.30. The summed E-state index contributed by atoms with van der Waals surface area (Å²) >= 11 is 1.45. The number of ether oxygens (including phenoxy) is 2. The van der Waals surface area contributed by atoms with Crippen LogP contribution in [0.25, 0.3) is 10.6 Å². The van der Waals surface area contributed by atoms with Crippen LogP contribution in [0, 0.1) is 5.38 Å². The second-order valence-corrected chi connectivity index (χ2v) is 3.68. The molecule has 0 aliphatic rings. The summed E-state index contributed by atoms with van der Waals surface area (Å²) in [7, 11) is 3.28. The Hall–Kier alpha value is -1.55. The molecule has 0 amide bonds. The van der Waals surface area contributed by atoms with Crippen LogP contribution >= 0.6 is 11.3 Å². The van der Waals surface area contributed by atoms with Crippen molar-refractivity contribution in [3.05, 3.63) is 29.8 Å². The molecule has 0 fully saturated rings. The first-order valence-electron chi connectivity index (χ1n) is 4.39. The Morgan fingerprint density at radius 1 is 1.27 bits per heavy atom. The van der Waals surface area contributed by atoms with E-state index in [1.54, 1.807) is 20.4 Å². The van der Waals surface area contributed by atoms with E-state index in [9.17, 15) is 0 Å². The molecule has 0 bridgehead atoms. The van der Waals surface area contributed by atoms with Gasteiger partial charge in [-0.2, -0.15) is 0 Å². The minimum absolute atomic E-state index is 0.791. The van der Waals surface area contributed by atoms with Crippen LogP contribution in [0.3, 0.4) is 0 Å². The highest BCUT2D eigenvalue weighted by Gasteiger charge is 2.09. The van der Waals surface area contributed by atoms with E-state index in [2.05, 4.69) is 10.4 Å². The highest BCUT2D eigenvalue weighted by molar-refractivity contribution is 7.12. The average molecular weight is 220 g/mol. The molecule has 1 aromatic carbocycles. The van der Waals surface area contributed by atoms with Crippen molar-refractivity contribution in [1.82, 2.24) is 4.98 Å². The summed E-state index contributed by atoms with van der Waals surface area (Å²) in [6.07, 6.45) is 1.65. The summed E-state index contributed by atoms with van der Waals surface area (Å²) in [5, 5.41) is 3.83. The molecule has 0 spiro atoms. The van der Waals surface area contributed by atoms with Crippen LogP contribution in [-0.2, 0) is 0 Å². The van der Waals surface area contributed by atoms with Crippen molar-refractivity contribution >= 4 is 11.3 Å². The lowest BCUT2D eigenvalue weighted by atomic mass is 10.2. The van der Waals surface area contributed by atoms with Crippen molar-refractivity contribution in [2.45, 2.75) is 0 Å². The monoisotopic (exact) mass is 220 g/mol. The lowest BCUT2D eigenvalue weighted by Crippen LogP contribution is -1.89. The van der Waals surface area contributed by atoms with Gasteiger partial charge in [-0.15, -0.1) is 11.3 Å². The highest BCUT2D eigenvalue weighted by atomic mass is 32.1. The van der Waals surface area contributed by atoms with Gasteiger partial charge < -0.3 is 9.47 Å². The second kappa shape index (κ2) is 4.31. The summed E-state index contributed by atoms with van der Waals surface area (Å²) < 4.78 is 10.4. The van der Waals surface area contributed by atoms with E-state index in [4.69, 9.17) is 9.47 Å². The van der Waals surface area contributed by atoms with Crippen molar-refractivity contribution in [3.63, 3.8) is 0 Å². The van der Waals surface area contributed by atoms with E-state index in [1.807, 2.05) is 18.2 Å². The molecule has 0 saturated carbocycles. The predicted octanol–water partition coefficient (Wildman–Crippen LogP) is 2.63. The van der Waals surface area contributed by atoms with Crippen LogP contribution in [0.4, 0.5) is 0 Å². The van der Waals surface area contributed by atoms with Crippen LogP contribution in [0.5, 0.6) is 11.5 Å². The maximum absolute atomic E-state index is 5.27. The van der Waals surface area contributed by atoms with E-state index in [0.29, 0.717) is 0 Å². The molecule has 4 heteroatoms. The first-order chi connectivity index (χ1) is 7.35. The van der Waals surface area contributed by atoms with Gasteiger partial charge in [0.15, 0.2) is 0 Å². The Morgan fingerprint density at radius 3 is 2.73 bits per heavy atom. The van der Waals surface area contributed by atoms with E-state index >= 15 is 0 Å². The van der Waals surface area contributed by atoms with Gasteiger partial charge in [-0.3, -0.25) is 0 Å². The molecular weight excluding hydrogens is 210 g/mol. The number of thiazole rings is 1. The third-order valence-corrected chi connectivity index (χ3v) is 2.77. The molecule has 0 aliphatic carbocycles. The lowest BCUT2D eigenvalue weighted by Gasteiger charge is -2.07. The number of hydrogen-bond donors (Lipinski definition) is 0. The zero-order chi connectivity index (χ0) is 10.7. The van der Waals surface area contributed by atoms with Gasteiger partial charge in [-0.25, -0.2) is 4.98 Å². The van der Waals surface area contributed by atoms with Gasteiger partial charge in [0.25, 0.3) is 0 Å². The Labute approximate surface area is 92.3 Å². The first kappa shape index (κ1) is 9.98. The van der Waals surface area contributed by atoms with Crippen LogP contribution in [0.1, 0.15) is 0 Å². The summed E-state index contributed by atoms with van der Waals surface area (Å²) in [5.74, 6) is 1.58. The molecule has 0 aliphatic heterocycles. The van der Waals surface area contributed by atoms with Gasteiger partial charge in [0.2, 0.25) is 0 Å². The maximum atomic E-state index is 5.27. The normalized spacial score (nSPS) is 10.0. The number of hydrogen-bond acceptors (Lipinski definition) is 4. The molecular formula is C11H10NO2S. The number of rotatable bonds is 3. The van der Waals surface area contributed by atoms with Gasteiger partial charge in [0, 0.05) is 6.20 Å². The van der Waals surface area contributed by atoms with Crippen molar-refractivity contribution < 1.29 is 9.47 Å². The number of aromatic nitrogens is 1. The van der Waals surface area contributed by atoms with Gasteiger partial charge in [-0.05, 0) is 18.2 Å². The zero-order valence-electron chi connectivity index (χ0n) is 8.48. The van der Waals surface area contributed by atoms with Crippen molar-refractivity contribution in [3.8, 4) is 22.1 Å². The Balaban J connectivity index is 2.52. The van der Waals surface area contributed by atoms with Gasteiger partial charge in [0.05, 0.1) is 25.2 Å². The third kappa shape index (κ3) is 1.94. The third-order valence-electron chi connectivity index (χ3n) is 2.03. The van der Waals surface area contributed by atoms with E-state index in [-0.39, 0.29) is 0 Å². The Morgan fingerprint density at radius 2 is 2.13 bits per heavy atom. The summed E-state index contributed by atoms with van der Waals surface area (Å²) in [6.45, 7) is 0. The molecule has 0 N–H and O–H groups in total. The topological polar surface area (TPSA) is 31.4 Å². The Kier molecular flexibility index (Phi) is 2.87. The van der Waals surface area contributed by atoms with Crippen LogP contribution < -0.4 is 9.47 Å². The molecule has 15 heavy (non-hydrogen) atoms. The first-order valence-corrected chi connectivity index (χ1v) is 5.21. The molecule has 1 aromatic heterocycles. The number of benzene rings is 1. The molecule has 77 valence electrons. The van der Waals surface area contributed by atoms with Crippen LogP contribution in [0.15, 0.2) is 24.4 Å². The van der Waals surface area contributed by atoms with Gasteiger partial charge in [0.1, 0.15) is 16.5 Å². The largest absolute Gasteiger partial charge is 0.497 e. The highest BCUT2D eigenvalue weighted by Crippen LogP contribution is 2.34. The minimum atomic E-state index is 0.791. The van der Waals surface area contributed by atoms with E-state index in [0.717, 1.165) is 22.1 Å². The van der Waals surface area contributed by atoms with E-state index in [1.165, 1.54) is 11.3 Å². The SMILES string of the molecule is COc1ccc(OC)c(-c2nc[c]s2)c1. The molecule has 1 radical (unpaired) electrons. The fourth-order valence-corrected chi connectivity index (χ4v) is 1.89. The van der Waals surface area contributed by atoms with Crippen molar-refractivity contribution in [1.29, 1.82) is 0 Å². The van der Waals surface area contributed by atoms with Crippen LogP contribution in [-0.4, -0.2) is 19.2 Å². The Bertz CT molecular complexity index is 440. The van der Waals surface area contributed by atoms with Gasteiger partial charge >= 0.3 is 0 Å². The van der Waals surface area contributed by atoms with Crippen LogP contribution in [0.2, 0.25) is 0 Å². The number of nitrogens with zero attached hydrogens (tertiary/aromatic N) is 1. The summed E-state index contributed by atoms with van der Waals surface area (Å²) in [5.41, 5.74) is 0.933. The maximum Gasteiger partial charge on any atom is 0.129 e. The lowest BCUT2D eigenvalue weighted by molar-refractivity contribution is 0.404. The van der Waals surface area contributed by atoms with E-state index < -0.39 is 0 Å². The predicted molar refractivity (Wildman–Crippen MR) is 59.5 cm³/mol. The average Bonchev–Trinajstić information content (AvgIpc) is 2.81. The molecule has 0 saturated heterocycles. The fraction of sp³-hybridized carbons (Fsp3) is 0.182. The molecule has 0 atom stereocenters. The minimum Gasteiger partial charge on any atom is -0.497 e. The second-order valence-electron chi connectivity index (χ2n) is 2.85. The smallest absolute Gasteiger partial charge is 0.129 e. The quantitative estimate of drug-likeness (QED) is 0.796. The molecule has 0 unspecified atom stereocenters. The standard InChI is InChI=1S/C11H10NO2S/c1-13-8-3-4-10(14-2)9(7-8)11-12-5-6-15-11/h3-5,7H,1-2H3. The van der Waals surface area contributed by atoms with Crippen molar-refractivity contribution in [2.24, 2.45) is 0 Å². The molecule has 2 rings (SSSR count). The summed E-state index contributed by atoms with van der Waals surface area (Å²) in [4.78, 5) is 4.20. The molecule has 2 aromatic rings.